The molecule has 1 fully saturated rings. The van der Waals surface area contributed by atoms with Crippen LogP contribution in [0.15, 0.2) is 0 Å². The molecular weight excluding hydrogens is 260 g/mol. The molecule has 0 bridgehead atoms. The number of nitrogens with zero attached hydrogens (tertiary/aromatic N) is 3. The summed E-state index contributed by atoms with van der Waals surface area (Å²) >= 11 is 0. The first kappa shape index (κ1) is 13.3. The number of rotatable bonds is 3. The second-order valence-electron chi connectivity index (χ2n) is 4.94. The van der Waals surface area contributed by atoms with Gasteiger partial charge in [-0.25, -0.2) is 9.97 Å². The van der Waals surface area contributed by atoms with Gasteiger partial charge in [0.15, 0.2) is 18.2 Å². The molecule has 1 saturated heterocycles. The molecule has 0 radical (unpaired) electrons. The molecular formula is C13H18N4O3. The fraction of sp³-hybridized carbons (Fsp3) is 0.615. The third-order valence-electron chi connectivity index (χ3n) is 3.42. The van der Waals surface area contributed by atoms with Crippen LogP contribution in [0.25, 0.3) is 0 Å². The van der Waals surface area contributed by atoms with Gasteiger partial charge in [0.05, 0.1) is 18.9 Å². The van der Waals surface area contributed by atoms with E-state index in [-0.39, 0.29) is 12.5 Å². The van der Waals surface area contributed by atoms with Crippen molar-refractivity contribution in [1.82, 2.24) is 14.9 Å². The van der Waals surface area contributed by atoms with Crippen molar-refractivity contribution in [3.63, 3.8) is 0 Å². The number of morpholine rings is 1. The van der Waals surface area contributed by atoms with Gasteiger partial charge in [0, 0.05) is 26.1 Å². The predicted molar refractivity (Wildman–Crippen MR) is 71.9 cm³/mol. The average Bonchev–Trinajstić information content (AvgIpc) is 2.45. The molecule has 20 heavy (non-hydrogen) atoms. The summed E-state index contributed by atoms with van der Waals surface area (Å²) in [5, 5.41) is 2.73. The zero-order valence-corrected chi connectivity index (χ0v) is 11.5. The molecule has 0 atom stereocenters. The molecule has 7 heteroatoms. The van der Waals surface area contributed by atoms with Gasteiger partial charge in [-0.3, -0.25) is 9.69 Å². The number of ether oxygens (including phenoxy) is 2. The molecule has 3 rings (SSSR count). The lowest BCUT2D eigenvalue weighted by Crippen LogP contribution is -2.37. The molecule has 1 aromatic heterocycles. The average molecular weight is 278 g/mol. The maximum absolute atomic E-state index is 11.3. The number of aromatic nitrogens is 2. The van der Waals surface area contributed by atoms with Gasteiger partial charge in [-0.1, -0.05) is 0 Å². The van der Waals surface area contributed by atoms with Crippen LogP contribution in [0.1, 0.15) is 11.5 Å². The van der Waals surface area contributed by atoms with Crippen LogP contribution in [0, 0.1) is 6.92 Å². The third-order valence-corrected chi connectivity index (χ3v) is 3.42. The summed E-state index contributed by atoms with van der Waals surface area (Å²) in [6.07, 6.45) is 0.779. The first-order valence-corrected chi connectivity index (χ1v) is 6.82. The van der Waals surface area contributed by atoms with Crippen LogP contribution in [0.4, 0.5) is 5.82 Å². The lowest BCUT2D eigenvalue weighted by atomic mass is 10.2. The zero-order valence-electron chi connectivity index (χ0n) is 11.5. The van der Waals surface area contributed by atoms with Crippen LogP contribution in [0.2, 0.25) is 0 Å². The van der Waals surface area contributed by atoms with Crippen molar-refractivity contribution in [3.8, 4) is 5.75 Å². The monoisotopic (exact) mass is 278 g/mol. The summed E-state index contributed by atoms with van der Waals surface area (Å²) in [4.78, 5) is 22.3. The smallest absolute Gasteiger partial charge is 0.263 e. The predicted octanol–water partition coefficient (Wildman–Crippen LogP) is -0.00938. The first-order valence-electron chi connectivity index (χ1n) is 6.82. The molecule has 0 spiro atoms. The van der Waals surface area contributed by atoms with E-state index in [0.29, 0.717) is 17.4 Å². The zero-order chi connectivity index (χ0) is 13.9. The molecule has 2 aliphatic heterocycles. The molecule has 1 aromatic rings. The van der Waals surface area contributed by atoms with Crippen LogP contribution in [0.5, 0.6) is 5.75 Å². The van der Waals surface area contributed by atoms with Crippen LogP contribution in [-0.4, -0.2) is 60.2 Å². The van der Waals surface area contributed by atoms with E-state index in [4.69, 9.17) is 9.47 Å². The van der Waals surface area contributed by atoms with E-state index < -0.39 is 0 Å². The van der Waals surface area contributed by atoms with Gasteiger partial charge in [0.2, 0.25) is 0 Å². The van der Waals surface area contributed by atoms with Gasteiger partial charge in [-0.15, -0.1) is 0 Å². The second kappa shape index (κ2) is 5.72. The lowest BCUT2D eigenvalue weighted by molar-refractivity contribution is -0.118. The van der Waals surface area contributed by atoms with E-state index in [2.05, 4.69) is 20.2 Å². The molecule has 0 saturated carbocycles. The highest BCUT2D eigenvalue weighted by molar-refractivity contribution is 5.94. The lowest BCUT2D eigenvalue weighted by Gasteiger charge is -2.27. The topological polar surface area (TPSA) is 76.6 Å². The standard InChI is InChI=1S/C13H18N4O3/c1-9-14-10(2-3-17-4-6-19-7-5-17)12-13(15-9)16-11(18)8-20-12/h2-8H2,1H3,(H,14,15,16,18). The van der Waals surface area contributed by atoms with Gasteiger partial charge < -0.3 is 14.8 Å². The SMILES string of the molecule is Cc1nc(CCN2CCOCC2)c2c(n1)NC(=O)CO2. The number of hydrogen-bond acceptors (Lipinski definition) is 6. The molecule has 0 aliphatic carbocycles. The Hall–Kier alpha value is -1.73. The van der Waals surface area contributed by atoms with Crippen molar-refractivity contribution in [2.24, 2.45) is 0 Å². The Morgan fingerprint density at radius 1 is 1.30 bits per heavy atom. The van der Waals surface area contributed by atoms with Crippen molar-refractivity contribution >= 4 is 11.7 Å². The first-order chi connectivity index (χ1) is 9.72. The number of hydrogen-bond donors (Lipinski definition) is 1. The maximum Gasteiger partial charge on any atom is 0.263 e. The largest absolute Gasteiger partial charge is 0.478 e. The van der Waals surface area contributed by atoms with Crippen molar-refractivity contribution in [2.45, 2.75) is 13.3 Å². The molecule has 0 unspecified atom stereocenters. The molecule has 108 valence electrons. The van der Waals surface area contributed by atoms with E-state index in [0.717, 1.165) is 45.0 Å². The van der Waals surface area contributed by atoms with E-state index in [1.54, 1.807) is 0 Å². The fourth-order valence-electron chi connectivity index (χ4n) is 2.42. The Morgan fingerprint density at radius 3 is 2.90 bits per heavy atom. The summed E-state index contributed by atoms with van der Waals surface area (Å²) < 4.78 is 10.8. The summed E-state index contributed by atoms with van der Waals surface area (Å²) in [7, 11) is 0. The Bertz CT molecular complexity index is 515. The highest BCUT2D eigenvalue weighted by Gasteiger charge is 2.22. The Morgan fingerprint density at radius 2 is 2.10 bits per heavy atom. The summed E-state index contributed by atoms with van der Waals surface area (Å²) in [5.41, 5.74) is 0.860. The van der Waals surface area contributed by atoms with Crippen molar-refractivity contribution < 1.29 is 14.3 Å². The number of carbonyl (C=O) groups excluding carboxylic acids is 1. The summed E-state index contributed by atoms with van der Waals surface area (Å²) in [6, 6.07) is 0. The van der Waals surface area contributed by atoms with E-state index in [1.165, 1.54) is 0 Å². The Kier molecular flexibility index (Phi) is 3.79. The highest BCUT2D eigenvalue weighted by Crippen LogP contribution is 2.29. The third kappa shape index (κ3) is 2.88. The molecule has 2 aliphatic rings. The number of amides is 1. The minimum absolute atomic E-state index is 0.0317. The van der Waals surface area contributed by atoms with Crippen molar-refractivity contribution in [1.29, 1.82) is 0 Å². The van der Waals surface area contributed by atoms with Crippen LogP contribution >= 0.6 is 0 Å². The molecule has 1 N–H and O–H groups in total. The number of fused-ring (bicyclic) bond motifs is 1. The summed E-state index contributed by atoms with van der Waals surface area (Å²) in [5.74, 6) is 1.58. The van der Waals surface area contributed by atoms with Crippen LogP contribution < -0.4 is 10.1 Å². The highest BCUT2D eigenvalue weighted by atomic mass is 16.5. The van der Waals surface area contributed by atoms with Crippen molar-refractivity contribution in [2.75, 3.05) is 44.8 Å². The number of anilines is 1. The van der Waals surface area contributed by atoms with E-state index >= 15 is 0 Å². The van der Waals surface area contributed by atoms with Gasteiger partial charge in [0.25, 0.3) is 5.91 Å². The molecule has 0 aromatic carbocycles. The van der Waals surface area contributed by atoms with Gasteiger partial charge in [-0.05, 0) is 6.92 Å². The van der Waals surface area contributed by atoms with Gasteiger partial charge >= 0.3 is 0 Å². The second-order valence-corrected chi connectivity index (χ2v) is 4.94. The van der Waals surface area contributed by atoms with Crippen LogP contribution in [-0.2, 0) is 16.0 Å². The Labute approximate surface area is 117 Å². The molecule has 1 amide bonds. The van der Waals surface area contributed by atoms with E-state index in [9.17, 15) is 4.79 Å². The molecule has 3 heterocycles. The minimum Gasteiger partial charge on any atom is -0.478 e. The Balaban J connectivity index is 1.73. The summed E-state index contributed by atoms with van der Waals surface area (Å²) in [6.45, 7) is 6.22. The number of nitrogens with one attached hydrogen (secondary N) is 1. The quantitative estimate of drug-likeness (QED) is 0.838. The number of aryl methyl sites for hydroxylation is 1. The maximum atomic E-state index is 11.3. The van der Waals surface area contributed by atoms with Gasteiger partial charge in [0.1, 0.15) is 5.82 Å². The molecule has 7 nitrogen and oxygen atoms in total. The minimum atomic E-state index is -0.172. The van der Waals surface area contributed by atoms with Crippen molar-refractivity contribution in [3.05, 3.63) is 11.5 Å². The fourth-order valence-corrected chi connectivity index (χ4v) is 2.42. The van der Waals surface area contributed by atoms with E-state index in [1.807, 2.05) is 6.92 Å². The number of carbonyl (C=O) groups is 1. The normalized spacial score (nSPS) is 19.1. The van der Waals surface area contributed by atoms with Crippen LogP contribution in [0.3, 0.4) is 0 Å². The van der Waals surface area contributed by atoms with Gasteiger partial charge in [-0.2, -0.15) is 0 Å².